The van der Waals surface area contributed by atoms with Gasteiger partial charge in [-0.15, -0.1) is 0 Å². The molecule has 0 fully saturated rings. The van der Waals surface area contributed by atoms with Crippen molar-refractivity contribution in [2.75, 3.05) is 12.4 Å². The normalized spacial score (nSPS) is 19.0. The Labute approximate surface area is 224 Å². The Morgan fingerprint density at radius 1 is 1.14 bits per heavy atom. The van der Waals surface area contributed by atoms with Gasteiger partial charge >= 0.3 is 0 Å². The van der Waals surface area contributed by atoms with Crippen molar-refractivity contribution in [2.24, 2.45) is 10.1 Å². The number of ether oxygens (including phenoxy) is 1. The minimum absolute atomic E-state index is 0.0267. The van der Waals surface area contributed by atoms with Gasteiger partial charge in [-0.2, -0.15) is 10.1 Å². The molecule has 7 nitrogen and oxygen atoms in total. The second-order valence-electron chi connectivity index (χ2n) is 8.85. The first kappa shape index (κ1) is 25.0. The van der Waals surface area contributed by atoms with Gasteiger partial charge in [0.15, 0.2) is 5.17 Å². The Morgan fingerprint density at radius 2 is 1.89 bits per heavy atom. The van der Waals surface area contributed by atoms with Gasteiger partial charge in [-0.25, -0.2) is 5.01 Å². The van der Waals surface area contributed by atoms with E-state index >= 15 is 0 Å². The van der Waals surface area contributed by atoms with Gasteiger partial charge in [-0.05, 0) is 72.1 Å². The molecule has 0 spiro atoms. The number of benzene rings is 3. The summed E-state index contributed by atoms with van der Waals surface area (Å²) < 4.78 is 5.28. The van der Waals surface area contributed by atoms with E-state index in [0.29, 0.717) is 22.3 Å². The van der Waals surface area contributed by atoms with Crippen LogP contribution in [0.1, 0.15) is 35.6 Å². The molecule has 0 radical (unpaired) electrons. The molecule has 5 rings (SSSR count). The van der Waals surface area contributed by atoms with Crippen molar-refractivity contribution >= 4 is 51.7 Å². The molecule has 1 N–H and O–H groups in total. The Kier molecular flexibility index (Phi) is 7.30. The summed E-state index contributed by atoms with van der Waals surface area (Å²) in [4.78, 5) is 29.8. The molecule has 0 bridgehead atoms. The van der Waals surface area contributed by atoms with Crippen LogP contribution in [0.5, 0.6) is 5.75 Å². The number of nitrogens with one attached hydrogen (secondary N) is 1. The number of methoxy groups -OCH3 is 1. The van der Waals surface area contributed by atoms with E-state index in [4.69, 9.17) is 21.4 Å². The number of hydrogen-bond donors (Lipinski definition) is 1. The number of amidine groups is 1. The number of carbonyl (C=O) groups excluding carboxylic acids is 2. The third kappa shape index (κ3) is 5.70. The highest BCUT2D eigenvalue weighted by atomic mass is 35.5. The maximum atomic E-state index is 12.8. The molecule has 0 saturated carbocycles. The van der Waals surface area contributed by atoms with Crippen molar-refractivity contribution in [3.63, 3.8) is 0 Å². The molecule has 37 heavy (non-hydrogen) atoms. The maximum absolute atomic E-state index is 12.8. The van der Waals surface area contributed by atoms with Crippen molar-refractivity contribution in [1.29, 1.82) is 0 Å². The molecular weight excluding hydrogens is 508 g/mol. The fraction of sp³-hybridized carbons (Fsp3) is 0.214. The van der Waals surface area contributed by atoms with Gasteiger partial charge in [0.2, 0.25) is 5.91 Å². The van der Waals surface area contributed by atoms with E-state index < -0.39 is 5.25 Å². The first-order chi connectivity index (χ1) is 17.9. The van der Waals surface area contributed by atoms with Gasteiger partial charge in [0.1, 0.15) is 11.0 Å². The Bertz CT molecular complexity index is 1390. The van der Waals surface area contributed by atoms with E-state index in [1.54, 1.807) is 12.1 Å². The van der Waals surface area contributed by atoms with Crippen LogP contribution in [0.15, 0.2) is 82.9 Å². The zero-order chi connectivity index (χ0) is 25.9. The lowest BCUT2D eigenvalue weighted by Gasteiger charge is -2.23. The molecule has 2 aliphatic rings. The monoisotopic (exact) mass is 532 g/mol. The third-order valence-electron chi connectivity index (χ3n) is 6.19. The Balaban J connectivity index is 1.35. The molecule has 2 heterocycles. The van der Waals surface area contributed by atoms with Crippen LogP contribution in [0.25, 0.3) is 0 Å². The lowest BCUT2D eigenvalue weighted by molar-refractivity contribution is -0.121. The zero-order valence-corrected chi connectivity index (χ0v) is 21.9. The average Bonchev–Trinajstić information content (AvgIpc) is 3.48. The van der Waals surface area contributed by atoms with Gasteiger partial charge in [-0.3, -0.25) is 9.59 Å². The summed E-state index contributed by atoms with van der Waals surface area (Å²) in [5.41, 5.74) is 4.60. The molecule has 9 heteroatoms. The molecule has 3 aromatic carbocycles. The number of halogens is 1. The standard InChI is InChI=1S/C28H25ClN4O3S/c1-17-4-3-5-21(14-17)30-26(34)16-25-27(35)31-28(37-25)33-24(19-6-10-20(29)11-7-19)15-23(32-33)18-8-12-22(36-2)13-9-18/h3-14,24-25H,15-16H2,1-2H3,(H,30,34)/t24-,25-/m0/s1. The second-order valence-corrected chi connectivity index (χ2v) is 10.5. The van der Waals surface area contributed by atoms with Crippen LogP contribution in [0.2, 0.25) is 5.02 Å². The fourth-order valence-electron chi connectivity index (χ4n) is 4.30. The summed E-state index contributed by atoms with van der Waals surface area (Å²) in [6.07, 6.45) is 0.652. The second kappa shape index (κ2) is 10.8. The number of aliphatic imine (C=N–C) groups is 1. The van der Waals surface area contributed by atoms with Crippen molar-refractivity contribution in [3.8, 4) is 5.75 Å². The van der Waals surface area contributed by atoms with E-state index in [1.807, 2.05) is 79.7 Å². The molecule has 0 saturated heterocycles. The van der Waals surface area contributed by atoms with Gasteiger partial charge in [-0.1, -0.05) is 47.6 Å². The van der Waals surface area contributed by atoms with Gasteiger partial charge < -0.3 is 10.1 Å². The maximum Gasteiger partial charge on any atom is 0.262 e. The summed E-state index contributed by atoms with van der Waals surface area (Å²) >= 11 is 7.40. The number of aryl methyl sites for hydroxylation is 1. The third-order valence-corrected chi connectivity index (χ3v) is 7.58. The zero-order valence-electron chi connectivity index (χ0n) is 20.3. The minimum Gasteiger partial charge on any atom is -0.497 e. The lowest BCUT2D eigenvalue weighted by Crippen LogP contribution is -2.25. The predicted octanol–water partition coefficient (Wildman–Crippen LogP) is 5.83. The minimum atomic E-state index is -0.606. The van der Waals surface area contributed by atoms with E-state index in [9.17, 15) is 9.59 Å². The molecule has 2 amide bonds. The first-order valence-electron chi connectivity index (χ1n) is 11.8. The summed E-state index contributed by atoms with van der Waals surface area (Å²) in [6, 6.07) is 22.7. The van der Waals surface area contributed by atoms with Crippen LogP contribution in [0.4, 0.5) is 5.69 Å². The van der Waals surface area contributed by atoms with Crippen LogP contribution >= 0.6 is 23.4 Å². The molecule has 2 atom stereocenters. The smallest absolute Gasteiger partial charge is 0.262 e. The Hall–Kier alpha value is -3.62. The Morgan fingerprint density at radius 3 is 2.59 bits per heavy atom. The quantitative estimate of drug-likeness (QED) is 0.431. The highest BCUT2D eigenvalue weighted by molar-refractivity contribution is 8.15. The van der Waals surface area contributed by atoms with Crippen molar-refractivity contribution in [3.05, 3.63) is 94.5 Å². The van der Waals surface area contributed by atoms with E-state index in [2.05, 4.69) is 10.3 Å². The van der Waals surface area contributed by atoms with Crippen LogP contribution in [-0.4, -0.2) is 40.1 Å². The molecule has 0 aliphatic carbocycles. The van der Waals surface area contributed by atoms with Crippen LogP contribution in [0.3, 0.4) is 0 Å². The van der Waals surface area contributed by atoms with Crippen LogP contribution < -0.4 is 10.1 Å². The summed E-state index contributed by atoms with van der Waals surface area (Å²) in [7, 11) is 1.63. The van der Waals surface area contributed by atoms with Crippen molar-refractivity contribution in [2.45, 2.75) is 31.1 Å². The first-order valence-corrected chi connectivity index (χ1v) is 13.1. The van der Waals surface area contributed by atoms with Crippen molar-refractivity contribution in [1.82, 2.24) is 5.01 Å². The van der Waals surface area contributed by atoms with E-state index in [-0.39, 0.29) is 24.3 Å². The van der Waals surface area contributed by atoms with Crippen molar-refractivity contribution < 1.29 is 14.3 Å². The van der Waals surface area contributed by atoms with Crippen LogP contribution in [-0.2, 0) is 9.59 Å². The molecular formula is C28H25ClN4O3S. The summed E-state index contributed by atoms with van der Waals surface area (Å²) in [5.74, 6) is 0.204. The SMILES string of the molecule is COc1ccc(C2=NN(C3=NC(=O)[C@H](CC(=O)Nc4cccc(C)c4)S3)[C@H](c3ccc(Cl)cc3)C2)cc1. The lowest BCUT2D eigenvalue weighted by atomic mass is 9.98. The largest absolute Gasteiger partial charge is 0.497 e. The van der Waals surface area contributed by atoms with E-state index in [0.717, 1.165) is 28.2 Å². The van der Waals surface area contributed by atoms with Gasteiger partial charge in [0.05, 0.1) is 18.9 Å². The topological polar surface area (TPSA) is 83.4 Å². The number of anilines is 1. The summed E-state index contributed by atoms with van der Waals surface area (Å²) in [5, 5.41) is 10.1. The molecule has 0 unspecified atom stereocenters. The van der Waals surface area contributed by atoms with Crippen LogP contribution in [0, 0.1) is 6.92 Å². The number of hydrazone groups is 1. The number of nitrogens with zero attached hydrogens (tertiary/aromatic N) is 3. The predicted molar refractivity (Wildman–Crippen MR) is 148 cm³/mol. The average molecular weight is 533 g/mol. The summed E-state index contributed by atoms with van der Waals surface area (Å²) in [6.45, 7) is 1.96. The molecule has 3 aromatic rings. The number of thioether (sulfide) groups is 1. The number of amides is 2. The molecule has 188 valence electrons. The van der Waals surface area contributed by atoms with Gasteiger partial charge in [0, 0.05) is 23.6 Å². The number of hydrogen-bond acceptors (Lipinski definition) is 6. The number of carbonyl (C=O) groups is 2. The van der Waals surface area contributed by atoms with Gasteiger partial charge in [0.25, 0.3) is 5.91 Å². The highest BCUT2D eigenvalue weighted by Gasteiger charge is 2.39. The molecule has 2 aliphatic heterocycles. The molecule has 0 aromatic heterocycles. The highest BCUT2D eigenvalue weighted by Crippen LogP contribution is 2.39. The fourth-order valence-corrected chi connectivity index (χ4v) is 5.48. The number of rotatable bonds is 6. The van der Waals surface area contributed by atoms with E-state index in [1.165, 1.54) is 11.8 Å².